The molecule has 0 aliphatic rings. The molecule has 5 rings (SSSR count). The van der Waals surface area contributed by atoms with E-state index in [9.17, 15) is 17.6 Å². The molecule has 0 aromatic heterocycles. The largest absolute Gasteiger partial charge is 0.207 e. The predicted molar refractivity (Wildman–Crippen MR) is 158 cm³/mol. The van der Waals surface area contributed by atoms with Gasteiger partial charge in [0.25, 0.3) is 0 Å². The van der Waals surface area contributed by atoms with E-state index in [0.717, 1.165) is 23.1 Å². The summed E-state index contributed by atoms with van der Waals surface area (Å²) in [5.41, 5.74) is 5.24. The van der Waals surface area contributed by atoms with Gasteiger partial charge in [-0.3, -0.25) is 0 Å². The van der Waals surface area contributed by atoms with E-state index in [4.69, 9.17) is 0 Å². The zero-order chi connectivity index (χ0) is 29.3. The van der Waals surface area contributed by atoms with Crippen molar-refractivity contribution in [3.8, 4) is 0 Å². The fourth-order valence-corrected chi connectivity index (χ4v) is 3.49. The molecule has 0 amide bonds. The molecule has 0 radical (unpaired) electrons. The molecule has 4 heteroatoms. The van der Waals surface area contributed by atoms with Crippen molar-refractivity contribution < 1.29 is 17.6 Å². The van der Waals surface area contributed by atoms with Crippen LogP contribution in [0.15, 0.2) is 127 Å². The number of hydrogen-bond acceptors (Lipinski definition) is 0. The molecular weight excluding hydrogens is 508 g/mol. The van der Waals surface area contributed by atoms with Crippen molar-refractivity contribution in [3.05, 3.63) is 178 Å². The van der Waals surface area contributed by atoms with E-state index in [1.165, 1.54) is 48.0 Å². The maximum absolute atomic E-state index is 12.8. The van der Waals surface area contributed by atoms with Crippen LogP contribution in [0.25, 0.3) is 0 Å². The van der Waals surface area contributed by atoms with Gasteiger partial charge >= 0.3 is 0 Å². The number of rotatable bonds is 3. The van der Waals surface area contributed by atoms with Crippen molar-refractivity contribution in [1.82, 2.24) is 0 Å². The van der Waals surface area contributed by atoms with Crippen LogP contribution in [-0.4, -0.2) is 0 Å². The Morgan fingerprint density at radius 3 is 1.23 bits per heavy atom. The van der Waals surface area contributed by atoms with Gasteiger partial charge in [-0.15, -0.1) is 0 Å². The summed E-state index contributed by atoms with van der Waals surface area (Å²) in [5, 5.41) is 0. The van der Waals surface area contributed by atoms with Crippen LogP contribution in [0.5, 0.6) is 0 Å². The van der Waals surface area contributed by atoms with Crippen LogP contribution in [0.2, 0.25) is 0 Å². The Bertz CT molecular complexity index is 1270. The monoisotopic (exact) mass is 544 g/mol. The maximum atomic E-state index is 12.8. The van der Waals surface area contributed by atoms with E-state index in [-0.39, 0.29) is 29.2 Å². The van der Waals surface area contributed by atoms with Crippen LogP contribution in [0, 0.1) is 37.1 Å². The summed E-state index contributed by atoms with van der Waals surface area (Å²) in [6.07, 6.45) is 1.14. The molecule has 0 saturated heterocycles. The summed E-state index contributed by atoms with van der Waals surface area (Å²) < 4.78 is 49.9. The minimum atomic E-state index is -0.241. The highest BCUT2D eigenvalue weighted by atomic mass is 19.1. The lowest BCUT2D eigenvalue weighted by molar-refractivity contribution is 0.618. The van der Waals surface area contributed by atoms with E-state index < -0.39 is 0 Å². The van der Waals surface area contributed by atoms with Gasteiger partial charge in [-0.25, -0.2) is 17.6 Å². The summed E-state index contributed by atoms with van der Waals surface area (Å²) in [7, 11) is 0. The summed E-state index contributed by atoms with van der Waals surface area (Å²) in [6.45, 7) is 7.85. The highest BCUT2D eigenvalue weighted by molar-refractivity contribution is 5.31. The molecule has 208 valence electrons. The van der Waals surface area contributed by atoms with Crippen LogP contribution >= 0.6 is 0 Å². The Morgan fingerprint density at radius 2 is 0.900 bits per heavy atom. The van der Waals surface area contributed by atoms with Gasteiger partial charge in [0.15, 0.2) is 0 Å². The highest BCUT2D eigenvalue weighted by Crippen LogP contribution is 2.24. The molecule has 0 nitrogen and oxygen atoms in total. The fraction of sp³-hybridized carbons (Fsp3) is 0.167. The standard InChI is InChI=1S/C14H12F2.C8H10.2C7H7F/c1-10(11-2-6-13(15)7-3-11)12-4-8-14(16)9-5-12;1-2-8-6-4-3-5-7-8;1-6-2-4-7(8)5-3-6;1-6-4-2-3-5-7(6)8/h2-10H,1H3;3-7H,2H2,1H3;2*2-5H,1H3. The number of aryl methyl sites for hydroxylation is 3. The number of benzene rings is 5. The van der Waals surface area contributed by atoms with Crippen molar-refractivity contribution in [2.45, 2.75) is 40.0 Å². The third-order valence-electron chi connectivity index (χ3n) is 6.08. The maximum Gasteiger partial charge on any atom is 0.126 e. The van der Waals surface area contributed by atoms with Gasteiger partial charge in [0.1, 0.15) is 23.3 Å². The van der Waals surface area contributed by atoms with Gasteiger partial charge in [-0.1, -0.05) is 104 Å². The average molecular weight is 545 g/mol. The van der Waals surface area contributed by atoms with Gasteiger partial charge in [-0.05, 0) is 85.0 Å². The third-order valence-corrected chi connectivity index (χ3v) is 6.08. The molecule has 5 aromatic rings. The van der Waals surface area contributed by atoms with E-state index >= 15 is 0 Å². The SMILES string of the molecule is CC(c1ccc(F)cc1)c1ccc(F)cc1.CCc1ccccc1.Cc1ccc(F)cc1.Cc1ccccc1F. The molecule has 0 spiro atoms. The number of hydrogen-bond donors (Lipinski definition) is 0. The van der Waals surface area contributed by atoms with E-state index in [2.05, 4.69) is 31.2 Å². The Hall–Kier alpha value is -4.18. The van der Waals surface area contributed by atoms with E-state index in [1.54, 1.807) is 55.5 Å². The lowest BCUT2D eigenvalue weighted by atomic mass is 9.93. The second-order valence-corrected chi connectivity index (χ2v) is 9.21. The molecule has 0 bridgehead atoms. The second-order valence-electron chi connectivity index (χ2n) is 9.21. The smallest absolute Gasteiger partial charge is 0.126 e. The van der Waals surface area contributed by atoms with E-state index in [0.29, 0.717) is 5.56 Å². The van der Waals surface area contributed by atoms with Crippen molar-refractivity contribution >= 4 is 0 Å². The molecule has 0 heterocycles. The zero-order valence-corrected chi connectivity index (χ0v) is 23.4. The van der Waals surface area contributed by atoms with Gasteiger partial charge in [0.05, 0.1) is 0 Å². The first-order chi connectivity index (χ1) is 19.2. The first-order valence-corrected chi connectivity index (χ1v) is 13.2. The molecule has 5 aromatic carbocycles. The molecule has 0 fully saturated rings. The van der Waals surface area contributed by atoms with Crippen LogP contribution in [0.3, 0.4) is 0 Å². The molecule has 0 unspecified atom stereocenters. The topological polar surface area (TPSA) is 0 Å². The Balaban J connectivity index is 0.000000199. The van der Waals surface area contributed by atoms with Crippen LogP contribution in [-0.2, 0) is 6.42 Å². The highest BCUT2D eigenvalue weighted by Gasteiger charge is 2.08. The van der Waals surface area contributed by atoms with Gasteiger partial charge < -0.3 is 0 Å². The summed E-state index contributed by atoms with van der Waals surface area (Å²) in [5.74, 6) is -0.644. The van der Waals surface area contributed by atoms with Crippen molar-refractivity contribution in [1.29, 1.82) is 0 Å². The molecular formula is C36H36F4. The Morgan fingerprint density at radius 1 is 0.500 bits per heavy atom. The lowest BCUT2D eigenvalue weighted by Crippen LogP contribution is -1.96. The quantitative estimate of drug-likeness (QED) is 0.198. The first-order valence-electron chi connectivity index (χ1n) is 13.2. The van der Waals surface area contributed by atoms with Crippen LogP contribution in [0.1, 0.15) is 47.6 Å². The zero-order valence-electron chi connectivity index (χ0n) is 23.4. The molecule has 0 saturated carbocycles. The summed E-state index contributed by atoms with van der Waals surface area (Å²) >= 11 is 0. The first kappa shape index (κ1) is 32.0. The number of halogens is 4. The van der Waals surface area contributed by atoms with Crippen LogP contribution < -0.4 is 0 Å². The van der Waals surface area contributed by atoms with Crippen molar-refractivity contribution in [3.63, 3.8) is 0 Å². The molecule has 40 heavy (non-hydrogen) atoms. The minimum absolute atomic E-state index is 0.132. The Labute approximate surface area is 236 Å². The third kappa shape index (κ3) is 12.1. The fourth-order valence-electron chi connectivity index (χ4n) is 3.49. The average Bonchev–Trinajstić information content (AvgIpc) is 2.98. The summed E-state index contributed by atoms with van der Waals surface area (Å²) in [4.78, 5) is 0. The van der Waals surface area contributed by atoms with Crippen LogP contribution in [0.4, 0.5) is 17.6 Å². The van der Waals surface area contributed by atoms with Crippen molar-refractivity contribution in [2.75, 3.05) is 0 Å². The van der Waals surface area contributed by atoms with Gasteiger partial charge in [-0.2, -0.15) is 0 Å². The molecule has 0 N–H and O–H groups in total. The van der Waals surface area contributed by atoms with Gasteiger partial charge in [0, 0.05) is 5.92 Å². The van der Waals surface area contributed by atoms with Crippen molar-refractivity contribution in [2.24, 2.45) is 0 Å². The Kier molecular flexibility index (Phi) is 13.9. The molecule has 0 aliphatic carbocycles. The molecule has 0 aliphatic heterocycles. The lowest BCUT2D eigenvalue weighted by Gasteiger charge is -2.12. The predicted octanol–water partition coefficient (Wildman–Crippen LogP) is 10.6. The normalized spacial score (nSPS) is 9.82. The minimum Gasteiger partial charge on any atom is -0.207 e. The van der Waals surface area contributed by atoms with E-state index in [1.807, 2.05) is 26.0 Å². The summed E-state index contributed by atoms with van der Waals surface area (Å²) in [6, 6.07) is 36.3. The van der Waals surface area contributed by atoms with Gasteiger partial charge in [0.2, 0.25) is 0 Å². The second kappa shape index (κ2) is 17.4. The molecule has 0 atom stereocenters.